The summed E-state index contributed by atoms with van der Waals surface area (Å²) in [5.74, 6) is -1.60. The molecular formula is C31H44FN3O7. The fraction of sp³-hybridized carbons (Fsp3) is 0.484. The minimum atomic E-state index is -0.979. The topological polar surface area (TPSA) is 146 Å². The molecule has 10 nitrogen and oxygen atoms in total. The van der Waals surface area contributed by atoms with Gasteiger partial charge in [-0.15, -0.1) is 0 Å². The van der Waals surface area contributed by atoms with Crippen LogP contribution < -0.4 is 16.4 Å². The Kier molecular flexibility index (Phi) is 15.0. The Balaban J connectivity index is 2.70. The molecule has 0 aromatic carbocycles. The molecule has 0 aliphatic carbocycles. The van der Waals surface area contributed by atoms with E-state index in [-0.39, 0.29) is 30.6 Å². The zero-order valence-electron chi connectivity index (χ0n) is 25.4. The van der Waals surface area contributed by atoms with Crippen LogP contribution in [0.5, 0.6) is 0 Å². The van der Waals surface area contributed by atoms with Gasteiger partial charge in [0.2, 0.25) is 11.8 Å². The largest absolute Gasteiger partial charge is 0.490 e. The third kappa shape index (κ3) is 14.0. The molecule has 1 rings (SSSR count). The third-order valence-electron chi connectivity index (χ3n) is 6.15. The second-order valence-corrected chi connectivity index (χ2v) is 11.0. The van der Waals surface area contributed by atoms with Crippen LogP contribution in [0.1, 0.15) is 60.8 Å². The normalized spacial score (nSPS) is 18.8. The summed E-state index contributed by atoms with van der Waals surface area (Å²) >= 11 is 0. The Labute approximate surface area is 247 Å². The number of cyclic esters (lactones) is 1. The van der Waals surface area contributed by atoms with Gasteiger partial charge in [-0.25, -0.2) is 14.0 Å². The van der Waals surface area contributed by atoms with Crippen molar-refractivity contribution in [1.29, 1.82) is 0 Å². The zero-order chi connectivity index (χ0) is 31.9. The third-order valence-corrected chi connectivity index (χ3v) is 6.15. The summed E-state index contributed by atoms with van der Waals surface area (Å²) in [6, 6.07) is -0.855. The molecule has 0 bridgehead atoms. The number of hydrogen-bond donors (Lipinski definition) is 3. The fourth-order valence-corrected chi connectivity index (χ4v) is 3.93. The lowest BCUT2D eigenvalue weighted by atomic mass is 9.86. The molecule has 0 aromatic rings. The Morgan fingerprint density at radius 2 is 1.86 bits per heavy atom. The minimum absolute atomic E-state index is 0.0293. The first-order chi connectivity index (χ1) is 19.6. The van der Waals surface area contributed by atoms with Crippen molar-refractivity contribution in [3.63, 3.8) is 0 Å². The van der Waals surface area contributed by atoms with Crippen LogP contribution in [-0.2, 0) is 28.6 Å². The molecule has 1 aliphatic rings. The van der Waals surface area contributed by atoms with Crippen LogP contribution in [-0.4, -0.2) is 49.2 Å². The number of esters is 1. The van der Waals surface area contributed by atoms with Crippen LogP contribution >= 0.6 is 0 Å². The smallest absolute Gasteiger partial charge is 0.404 e. The van der Waals surface area contributed by atoms with Gasteiger partial charge in [0.25, 0.3) is 0 Å². The lowest BCUT2D eigenvalue weighted by Gasteiger charge is -2.29. The quantitative estimate of drug-likeness (QED) is 0.150. The molecule has 0 saturated carbocycles. The number of nitrogens with one attached hydrogen (secondary N) is 2. The summed E-state index contributed by atoms with van der Waals surface area (Å²) < 4.78 is 28.4. The highest BCUT2D eigenvalue weighted by atomic mass is 19.1. The number of allylic oxidation sites excluding steroid dienone is 5. The summed E-state index contributed by atoms with van der Waals surface area (Å²) in [5.41, 5.74) is 5.38. The number of nitrogens with two attached hydrogens (primary N) is 1. The molecule has 0 radical (unpaired) electrons. The van der Waals surface area contributed by atoms with E-state index in [9.17, 15) is 23.6 Å². The summed E-state index contributed by atoms with van der Waals surface area (Å²) in [6.07, 6.45) is 13.2. The van der Waals surface area contributed by atoms with Gasteiger partial charge >= 0.3 is 12.1 Å². The molecule has 4 N–H and O–H groups in total. The van der Waals surface area contributed by atoms with Gasteiger partial charge in [-0.3, -0.25) is 9.59 Å². The Morgan fingerprint density at radius 1 is 1.19 bits per heavy atom. The van der Waals surface area contributed by atoms with E-state index < -0.39 is 47.3 Å². The summed E-state index contributed by atoms with van der Waals surface area (Å²) in [5, 5.41) is 5.34. The number of hydrogen-bond acceptors (Lipinski definition) is 7. The molecule has 1 aliphatic heterocycles. The SMILES string of the molecule is COC1=CC[C@@H]([C@@H](C)/C=C(C)/C=C\C=C/C(=O)NC(C(=O)N/C=C\C[C@H](C/C=C(\C)F)OC(N)=O)C(C)(C)C)OC1=O. The number of halogens is 1. The van der Waals surface area contributed by atoms with Crippen LogP contribution in [0.2, 0.25) is 0 Å². The van der Waals surface area contributed by atoms with E-state index in [1.54, 1.807) is 24.3 Å². The number of carbonyl (C=O) groups excluding carboxylic acids is 4. The maximum atomic E-state index is 13.0. The molecule has 11 heteroatoms. The van der Waals surface area contributed by atoms with Gasteiger partial charge < -0.3 is 30.6 Å². The molecule has 4 atom stereocenters. The second kappa shape index (κ2) is 17.6. The molecular weight excluding hydrogens is 545 g/mol. The van der Waals surface area contributed by atoms with Gasteiger partial charge in [0, 0.05) is 31.3 Å². The molecule has 3 amide bonds. The van der Waals surface area contributed by atoms with E-state index in [1.165, 1.54) is 32.4 Å². The van der Waals surface area contributed by atoms with Gasteiger partial charge in [-0.1, -0.05) is 63.6 Å². The van der Waals surface area contributed by atoms with E-state index in [1.807, 2.05) is 46.8 Å². The first kappa shape index (κ1) is 35.9. The molecule has 1 heterocycles. The average molecular weight is 590 g/mol. The standard InChI is InChI=1S/C31H44FN3O7/c1-20(19-21(2)24-16-17-25(40-7)29(38)42-24)11-8-9-13-26(36)35-27(31(4,5)6)28(37)34-18-10-12-23(41-30(33)39)15-14-22(3)32/h8-11,13-14,17-19,21,23-24,27H,12,15-16H2,1-7H3,(H2,33,39)(H,34,37)(H,35,36)/b11-8-,13-9-,18-10-,20-19+,22-14+/t21-,23+,24-,27?/m0/s1. The van der Waals surface area contributed by atoms with E-state index in [0.29, 0.717) is 6.42 Å². The highest BCUT2D eigenvalue weighted by Crippen LogP contribution is 2.23. The van der Waals surface area contributed by atoms with Crippen molar-refractivity contribution in [1.82, 2.24) is 10.6 Å². The molecule has 0 aromatic heterocycles. The van der Waals surface area contributed by atoms with E-state index in [4.69, 9.17) is 19.9 Å². The van der Waals surface area contributed by atoms with Crippen LogP contribution in [0, 0.1) is 11.3 Å². The van der Waals surface area contributed by atoms with Crippen molar-refractivity contribution >= 4 is 23.9 Å². The molecule has 0 saturated heterocycles. The number of ether oxygens (including phenoxy) is 3. The minimum Gasteiger partial charge on any atom is -0.490 e. The lowest BCUT2D eigenvalue weighted by Crippen LogP contribution is -2.52. The predicted octanol–water partition coefficient (Wildman–Crippen LogP) is 4.81. The van der Waals surface area contributed by atoms with Crippen molar-refractivity contribution in [2.24, 2.45) is 17.1 Å². The van der Waals surface area contributed by atoms with Gasteiger partial charge in [0.1, 0.15) is 18.2 Å². The molecule has 0 spiro atoms. The van der Waals surface area contributed by atoms with Crippen LogP contribution in [0.3, 0.4) is 0 Å². The van der Waals surface area contributed by atoms with Crippen molar-refractivity contribution in [2.45, 2.75) is 79.1 Å². The van der Waals surface area contributed by atoms with Gasteiger partial charge in [0.05, 0.1) is 12.9 Å². The van der Waals surface area contributed by atoms with E-state index in [2.05, 4.69) is 10.6 Å². The first-order valence-corrected chi connectivity index (χ1v) is 13.7. The average Bonchev–Trinajstić information content (AvgIpc) is 2.89. The maximum absolute atomic E-state index is 13.0. The van der Waals surface area contributed by atoms with Gasteiger partial charge in [-0.05, 0) is 37.6 Å². The van der Waals surface area contributed by atoms with E-state index in [0.717, 1.165) is 5.57 Å². The van der Waals surface area contributed by atoms with Gasteiger partial charge in [-0.2, -0.15) is 0 Å². The summed E-state index contributed by atoms with van der Waals surface area (Å²) in [4.78, 5) is 48.4. The summed E-state index contributed by atoms with van der Waals surface area (Å²) in [7, 11) is 1.43. The monoisotopic (exact) mass is 589 g/mol. The highest BCUT2D eigenvalue weighted by molar-refractivity contribution is 5.93. The van der Waals surface area contributed by atoms with Crippen molar-refractivity contribution < 1.29 is 37.8 Å². The number of primary amides is 1. The zero-order valence-corrected chi connectivity index (χ0v) is 25.4. The van der Waals surface area contributed by atoms with Crippen molar-refractivity contribution in [3.05, 3.63) is 72.0 Å². The lowest BCUT2D eigenvalue weighted by molar-refractivity contribution is -0.151. The Hall–Kier alpha value is -4.15. The number of rotatable bonds is 14. The second-order valence-electron chi connectivity index (χ2n) is 11.0. The Bertz CT molecular complexity index is 1140. The number of methoxy groups -OCH3 is 1. The highest BCUT2D eigenvalue weighted by Gasteiger charge is 2.32. The number of carbonyl (C=O) groups is 4. The summed E-state index contributed by atoms with van der Waals surface area (Å²) in [6.45, 7) is 10.6. The van der Waals surface area contributed by atoms with Gasteiger partial charge in [0.15, 0.2) is 5.76 Å². The molecule has 0 fully saturated rings. The van der Waals surface area contributed by atoms with Crippen LogP contribution in [0.25, 0.3) is 0 Å². The number of amides is 3. The molecule has 232 valence electrons. The van der Waals surface area contributed by atoms with E-state index >= 15 is 0 Å². The predicted molar refractivity (Wildman–Crippen MR) is 158 cm³/mol. The maximum Gasteiger partial charge on any atom is 0.404 e. The van der Waals surface area contributed by atoms with Crippen molar-refractivity contribution in [2.75, 3.05) is 7.11 Å². The Morgan fingerprint density at radius 3 is 2.43 bits per heavy atom. The van der Waals surface area contributed by atoms with Crippen LogP contribution in [0.4, 0.5) is 9.18 Å². The van der Waals surface area contributed by atoms with Crippen molar-refractivity contribution in [3.8, 4) is 0 Å². The first-order valence-electron chi connectivity index (χ1n) is 13.7. The molecule has 42 heavy (non-hydrogen) atoms. The van der Waals surface area contributed by atoms with Crippen LogP contribution in [0.15, 0.2) is 72.0 Å². The fourth-order valence-electron chi connectivity index (χ4n) is 3.93. The molecule has 1 unspecified atom stereocenters.